The molecule has 1 fully saturated rings. The van der Waals surface area contributed by atoms with Crippen molar-refractivity contribution in [2.24, 2.45) is 0 Å². The van der Waals surface area contributed by atoms with E-state index in [2.05, 4.69) is 28.4 Å². The van der Waals surface area contributed by atoms with Crippen molar-refractivity contribution in [3.63, 3.8) is 0 Å². The summed E-state index contributed by atoms with van der Waals surface area (Å²) in [6, 6.07) is 6.31. The van der Waals surface area contributed by atoms with Gasteiger partial charge in [-0.2, -0.15) is 0 Å². The van der Waals surface area contributed by atoms with Crippen molar-refractivity contribution in [2.75, 3.05) is 45.8 Å². The quantitative estimate of drug-likeness (QED) is 0.860. The molecule has 0 aromatic heterocycles. The Morgan fingerprint density at radius 1 is 1.35 bits per heavy atom. The molecule has 17 heavy (non-hydrogen) atoms. The first-order valence-electron chi connectivity index (χ1n) is 5.98. The largest absolute Gasteiger partial charge is 0.495 e. The smallest absolute Gasteiger partial charge is 0.142 e. The molecular weight excluding hydrogens is 216 g/mol. The lowest BCUT2D eigenvalue weighted by Gasteiger charge is -2.26. The Kier molecular flexibility index (Phi) is 4.23. The zero-order valence-corrected chi connectivity index (χ0v) is 10.5. The number of hydrogen-bond donors (Lipinski definition) is 1. The van der Waals surface area contributed by atoms with Crippen molar-refractivity contribution < 1.29 is 9.47 Å². The first kappa shape index (κ1) is 12.2. The van der Waals surface area contributed by atoms with Gasteiger partial charge in [0.1, 0.15) is 5.75 Å². The normalized spacial score (nSPS) is 16.8. The van der Waals surface area contributed by atoms with Gasteiger partial charge in [-0.3, -0.25) is 4.90 Å². The Hall–Kier alpha value is -1.26. The highest BCUT2D eigenvalue weighted by Crippen LogP contribution is 2.25. The van der Waals surface area contributed by atoms with E-state index in [0.717, 1.165) is 44.3 Å². The highest BCUT2D eigenvalue weighted by molar-refractivity contribution is 5.57. The third-order valence-electron chi connectivity index (χ3n) is 3.05. The summed E-state index contributed by atoms with van der Waals surface area (Å²) in [7, 11) is 3.61. The molecule has 0 radical (unpaired) electrons. The summed E-state index contributed by atoms with van der Waals surface area (Å²) in [4.78, 5) is 2.40. The molecule has 0 aliphatic carbocycles. The summed E-state index contributed by atoms with van der Waals surface area (Å²) in [6.07, 6.45) is 0. The minimum atomic E-state index is 0.839. The van der Waals surface area contributed by atoms with E-state index in [1.807, 2.05) is 7.05 Å². The van der Waals surface area contributed by atoms with Crippen LogP contribution >= 0.6 is 0 Å². The second kappa shape index (κ2) is 5.89. The van der Waals surface area contributed by atoms with Crippen LogP contribution in [0.25, 0.3) is 0 Å². The molecule has 0 bridgehead atoms. The van der Waals surface area contributed by atoms with Gasteiger partial charge in [-0.25, -0.2) is 0 Å². The topological polar surface area (TPSA) is 33.7 Å². The van der Waals surface area contributed by atoms with E-state index in [0.29, 0.717) is 0 Å². The second-order valence-corrected chi connectivity index (χ2v) is 4.17. The minimum Gasteiger partial charge on any atom is -0.495 e. The molecule has 1 aliphatic rings. The van der Waals surface area contributed by atoms with Crippen LogP contribution in [-0.2, 0) is 11.3 Å². The van der Waals surface area contributed by atoms with Gasteiger partial charge in [0.15, 0.2) is 0 Å². The molecule has 1 aliphatic heterocycles. The summed E-state index contributed by atoms with van der Waals surface area (Å²) in [6.45, 7) is 4.66. The number of methoxy groups -OCH3 is 1. The Labute approximate surface area is 103 Å². The Balaban J connectivity index is 2.05. The van der Waals surface area contributed by atoms with Gasteiger partial charge >= 0.3 is 0 Å². The van der Waals surface area contributed by atoms with Crippen molar-refractivity contribution >= 4 is 5.69 Å². The van der Waals surface area contributed by atoms with Crippen molar-refractivity contribution in [2.45, 2.75) is 6.54 Å². The number of hydrogen-bond acceptors (Lipinski definition) is 4. The number of anilines is 1. The average Bonchev–Trinajstić information content (AvgIpc) is 2.40. The van der Waals surface area contributed by atoms with Crippen LogP contribution < -0.4 is 10.1 Å². The van der Waals surface area contributed by atoms with Crippen molar-refractivity contribution in [3.05, 3.63) is 23.8 Å². The van der Waals surface area contributed by atoms with Gasteiger partial charge in [-0.15, -0.1) is 0 Å². The molecule has 1 aromatic rings. The third kappa shape index (κ3) is 3.11. The van der Waals surface area contributed by atoms with E-state index >= 15 is 0 Å². The molecule has 4 nitrogen and oxygen atoms in total. The van der Waals surface area contributed by atoms with Gasteiger partial charge in [0.25, 0.3) is 0 Å². The molecule has 0 amide bonds. The van der Waals surface area contributed by atoms with Gasteiger partial charge in [0.05, 0.1) is 26.0 Å². The van der Waals surface area contributed by atoms with E-state index in [9.17, 15) is 0 Å². The maximum absolute atomic E-state index is 5.36. The van der Waals surface area contributed by atoms with E-state index < -0.39 is 0 Å². The van der Waals surface area contributed by atoms with Crippen LogP contribution in [0, 0.1) is 0 Å². The number of nitrogens with zero attached hydrogens (tertiary/aromatic N) is 1. The number of rotatable bonds is 4. The van der Waals surface area contributed by atoms with E-state index in [-0.39, 0.29) is 0 Å². The summed E-state index contributed by atoms with van der Waals surface area (Å²) in [5.41, 5.74) is 2.31. The summed E-state index contributed by atoms with van der Waals surface area (Å²) < 4.78 is 10.7. The molecule has 0 unspecified atom stereocenters. The highest BCUT2D eigenvalue weighted by Gasteiger charge is 2.11. The predicted molar refractivity (Wildman–Crippen MR) is 68.6 cm³/mol. The Morgan fingerprint density at radius 2 is 2.12 bits per heavy atom. The second-order valence-electron chi connectivity index (χ2n) is 4.17. The zero-order chi connectivity index (χ0) is 12.1. The first-order chi connectivity index (χ1) is 8.33. The highest BCUT2D eigenvalue weighted by atomic mass is 16.5. The van der Waals surface area contributed by atoms with Crippen LogP contribution in [0.5, 0.6) is 5.75 Å². The van der Waals surface area contributed by atoms with E-state index in [1.54, 1.807) is 7.11 Å². The summed E-state index contributed by atoms with van der Waals surface area (Å²) in [5, 5.41) is 3.12. The standard InChI is InChI=1S/C13H20N2O2/c1-14-12-4-3-11(9-13(12)16-2)10-15-5-7-17-8-6-15/h3-4,9,14H,5-8,10H2,1-2H3. The Bertz CT molecular complexity index is 362. The van der Waals surface area contributed by atoms with Crippen molar-refractivity contribution in [3.8, 4) is 5.75 Å². The number of nitrogens with one attached hydrogen (secondary N) is 1. The molecule has 1 saturated heterocycles. The van der Waals surface area contributed by atoms with E-state index in [1.165, 1.54) is 5.56 Å². The molecule has 0 atom stereocenters. The molecule has 0 saturated carbocycles. The Morgan fingerprint density at radius 3 is 2.76 bits per heavy atom. The van der Waals surface area contributed by atoms with Gasteiger partial charge in [-0.1, -0.05) is 6.07 Å². The van der Waals surface area contributed by atoms with Crippen LogP contribution in [0.4, 0.5) is 5.69 Å². The average molecular weight is 236 g/mol. The third-order valence-corrected chi connectivity index (χ3v) is 3.05. The lowest BCUT2D eigenvalue weighted by molar-refractivity contribution is 0.0342. The molecule has 0 spiro atoms. The maximum Gasteiger partial charge on any atom is 0.142 e. The maximum atomic E-state index is 5.36. The fourth-order valence-corrected chi connectivity index (χ4v) is 2.06. The summed E-state index contributed by atoms with van der Waals surface area (Å²) in [5.74, 6) is 0.901. The molecular formula is C13H20N2O2. The molecule has 2 rings (SSSR count). The monoisotopic (exact) mass is 236 g/mol. The van der Waals surface area contributed by atoms with Gasteiger partial charge in [0.2, 0.25) is 0 Å². The van der Waals surface area contributed by atoms with Crippen molar-refractivity contribution in [1.82, 2.24) is 4.90 Å². The van der Waals surface area contributed by atoms with Crippen LogP contribution in [-0.4, -0.2) is 45.4 Å². The summed E-state index contributed by atoms with van der Waals surface area (Å²) >= 11 is 0. The number of morpholine rings is 1. The predicted octanol–water partition coefficient (Wildman–Crippen LogP) is 1.57. The molecule has 1 N–H and O–H groups in total. The van der Waals surface area contributed by atoms with Gasteiger partial charge < -0.3 is 14.8 Å². The van der Waals surface area contributed by atoms with Crippen LogP contribution in [0.15, 0.2) is 18.2 Å². The molecule has 4 heteroatoms. The van der Waals surface area contributed by atoms with Gasteiger partial charge in [0, 0.05) is 26.7 Å². The fraction of sp³-hybridized carbons (Fsp3) is 0.538. The SMILES string of the molecule is CNc1ccc(CN2CCOCC2)cc1OC. The molecule has 1 aromatic carbocycles. The number of benzene rings is 1. The van der Waals surface area contributed by atoms with Crippen LogP contribution in [0.3, 0.4) is 0 Å². The number of ether oxygens (including phenoxy) is 2. The first-order valence-corrected chi connectivity index (χ1v) is 5.98. The van der Waals surface area contributed by atoms with Crippen LogP contribution in [0.2, 0.25) is 0 Å². The molecule has 1 heterocycles. The minimum absolute atomic E-state index is 0.839. The molecule has 94 valence electrons. The van der Waals surface area contributed by atoms with E-state index in [4.69, 9.17) is 9.47 Å². The lowest BCUT2D eigenvalue weighted by atomic mass is 10.1. The fourth-order valence-electron chi connectivity index (χ4n) is 2.06. The van der Waals surface area contributed by atoms with Crippen molar-refractivity contribution in [1.29, 1.82) is 0 Å². The van der Waals surface area contributed by atoms with Crippen LogP contribution in [0.1, 0.15) is 5.56 Å². The zero-order valence-electron chi connectivity index (χ0n) is 10.5. The van der Waals surface area contributed by atoms with Gasteiger partial charge in [-0.05, 0) is 17.7 Å². The lowest BCUT2D eigenvalue weighted by Crippen LogP contribution is -2.35.